The molecule has 0 radical (unpaired) electrons. The first-order valence-electron chi connectivity index (χ1n) is 8.57. The second-order valence-electron chi connectivity index (χ2n) is 6.60. The Morgan fingerprint density at radius 3 is 2.88 bits per heavy atom. The molecule has 2 aromatic rings. The SMILES string of the molecule is Cc1nnc2n1[C@H](Cc1ccccc1)CN(C(=O)[C@H]1CCCO1)C2. The number of ether oxygens (including phenoxy) is 1. The fraction of sp³-hybridized carbons (Fsp3) is 0.500. The van der Waals surface area contributed by atoms with Crippen LogP contribution in [0.4, 0.5) is 0 Å². The zero-order valence-electron chi connectivity index (χ0n) is 13.9. The van der Waals surface area contributed by atoms with Crippen molar-refractivity contribution in [2.24, 2.45) is 0 Å². The van der Waals surface area contributed by atoms with E-state index < -0.39 is 0 Å². The number of nitrogens with zero attached hydrogens (tertiary/aromatic N) is 4. The van der Waals surface area contributed by atoms with Crippen molar-refractivity contribution in [3.63, 3.8) is 0 Å². The standard InChI is InChI=1S/C18H22N4O2/c1-13-19-20-17-12-21(18(23)16-8-5-9-24-16)11-15(22(13)17)10-14-6-3-2-4-7-14/h2-4,6-7,15-16H,5,8-12H2,1H3/t15-,16-/m1/s1. The Morgan fingerprint density at radius 2 is 2.12 bits per heavy atom. The van der Waals surface area contributed by atoms with Gasteiger partial charge in [0.2, 0.25) is 0 Å². The summed E-state index contributed by atoms with van der Waals surface area (Å²) < 4.78 is 7.77. The molecule has 126 valence electrons. The molecule has 0 N–H and O–H groups in total. The van der Waals surface area contributed by atoms with E-state index in [1.807, 2.05) is 30.0 Å². The first-order valence-corrected chi connectivity index (χ1v) is 8.57. The van der Waals surface area contributed by atoms with Gasteiger partial charge in [-0.1, -0.05) is 30.3 Å². The molecular weight excluding hydrogens is 304 g/mol. The van der Waals surface area contributed by atoms with Crippen molar-refractivity contribution in [2.45, 2.75) is 44.9 Å². The highest BCUT2D eigenvalue weighted by Crippen LogP contribution is 2.27. The maximum atomic E-state index is 12.8. The summed E-state index contributed by atoms with van der Waals surface area (Å²) in [6, 6.07) is 10.5. The fourth-order valence-electron chi connectivity index (χ4n) is 3.75. The van der Waals surface area contributed by atoms with Gasteiger partial charge in [-0.3, -0.25) is 4.79 Å². The van der Waals surface area contributed by atoms with Gasteiger partial charge in [0.1, 0.15) is 11.9 Å². The van der Waals surface area contributed by atoms with Crippen molar-refractivity contribution in [3.8, 4) is 0 Å². The molecule has 0 bridgehead atoms. The molecule has 0 unspecified atom stereocenters. The number of hydrogen-bond acceptors (Lipinski definition) is 4. The van der Waals surface area contributed by atoms with Gasteiger partial charge in [-0.05, 0) is 31.7 Å². The van der Waals surface area contributed by atoms with Crippen LogP contribution >= 0.6 is 0 Å². The molecule has 6 nitrogen and oxygen atoms in total. The Balaban J connectivity index is 1.59. The van der Waals surface area contributed by atoms with Crippen LogP contribution in [0.1, 0.15) is 36.1 Å². The second kappa shape index (κ2) is 6.36. The van der Waals surface area contributed by atoms with E-state index in [1.165, 1.54) is 5.56 Å². The van der Waals surface area contributed by atoms with Gasteiger partial charge in [0, 0.05) is 13.2 Å². The zero-order chi connectivity index (χ0) is 16.5. The average molecular weight is 326 g/mol. The number of benzene rings is 1. The number of hydrogen-bond donors (Lipinski definition) is 0. The van der Waals surface area contributed by atoms with E-state index in [9.17, 15) is 4.79 Å². The summed E-state index contributed by atoms with van der Waals surface area (Å²) in [5, 5.41) is 8.51. The quantitative estimate of drug-likeness (QED) is 0.864. The van der Waals surface area contributed by atoms with Crippen LogP contribution in [0, 0.1) is 6.92 Å². The summed E-state index contributed by atoms with van der Waals surface area (Å²) in [6.45, 7) is 3.86. The van der Waals surface area contributed by atoms with Gasteiger partial charge < -0.3 is 14.2 Å². The third kappa shape index (κ3) is 2.82. The molecule has 0 spiro atoms. The van der Waals surface area contributed by atoms with Gasteiger partial charge in [-0.2, -0.15) is 0 Å². The van der Waals surface area contributed by atoms with E-state index in [1.54, 1.807) is 0 Å². The lowest BCUT2D eigenvalue weighted by atomic mass is 10.0. The van der Waals surface area contributed by atoms with Crippen LogP contribution < -0.4 is 0 Å². The predicted molar refractivity (Wildman–Crippen MR) is 88.3 cm³/mol. The van der Waals surface area contributed by atoms with Crippen molar-refractivity contribution in [1.29, 1.82) is 0 Å². The van der Waals surface area contributed by atoms with Gasteiger partial charge in [0.15, 0.2) is 5.82 Å². The molecule has 1 aromatic heterocycles. The van der Waals surface area contributed by atoms with Crippen molar-refractivity contribution in [3.05, 3.63) is 47.5 Å². The highest BCUT2D eigenvalue weighted by Gasteiger charge is 2.35. The van der Waals surface area contributed by atoms with Crippen molar-refractivity contribution >= 4 is 5.91 Å². The van der Waals surface area contributed by atoms with E-state index in [0.717, 1.165) is 30.9 Å². The van der Waals surface area contributed by atoms with Crippen LogP contribution in [-0.4, -0.2) is 44.8 Å². The molecule has 24 heavy (non-hydrogen) atoms. The molecule has 0 saturated carbocycles. The van der Waals surface area contributed by atoms with Gasteiger partial charge >= 0.3 is 0 Å². The Morgan fingerprint density at radius 1 is 1.29 bits per heavy atom. The van der Waals surface area contributed by atoms with Crippen LogP contribution in [0.15, 0.2) is 30.3 Å². The van der Waals surface area contributed by atoms with Crippen molar-refractivity contribution in [1.82, 2.24) is 19.7 Å². The maximum Gasteiger partial charge on any atom is 0.252 e. The van der Waals surface area contributed by atoms with E-state index in [2.05, 4.69) is 26.9 Å². The van der Waals surface area contributed by atoms with Crippen LogP contribution in [0.3, 0.4) is 0 Å². The number of aromatic nitrogens is 3. The molecule has 4 rings (SSSR count). The van der Waals surface area contributed by atoms with Gasteiger partial charge in [-0.15, -0.1) is 10.2 Å². The molecule has 2 aliphatic heterocycles. The minimum Gasteiger partial charge on any atom is -0.368 e. The number of amides is 1. The van der Waals surface area contributed by atoms with E-state index in [0.29, 0.717) is 19.7 Å². The Kier molecular flexibility index (Phi) is 4.06. The van der Waals surface area contributed by atoms with Crippen LogP contribution in [0.25, 0.3) is 0 Å². The van der Waals surface area contributed by atoms with Crippen LogP contribution in [0.5, 0.6) is 0 Å². The Hall–Kier alpha value is -2.21. The van der Waals surface area contributed by atoms with Gasteiger partial charge in [-0.25, -0.2) is 0 Å². The Labute approximate surface area is 141 Å². The third-order valence-electron chi connectivity index (χ3n) is 4.90. The molecule has 1 amide bonds. The number of rotatable bonds is 3. The highest BCUT2D eigenvalue weighted by atomic mass is 16.5. The van der Waals surface area contributed by atoms with Crippen molar-refractivity contribution in [2.75, 3.05) is 13.2 Å². The molecule has 3 heterocycles. The molecule has 2 aliphatic rings. The summed E-state index contributed by atoms with van der Waals surface area (Å²) in [7, 11) is 0. The third-order valence-corrected chi connectivity index (χ3v) is 4.90. The highest BCUT2D eigenvalue weighted by molar-refractivity contribution is 5.81. The number of carbonyl (C=O) groups excluding carboxylic acids is 1. The molecule has 6 heteroatoms. The number of fused-ring (bicyclic) bond motifs is 1. The smallest absolute Gasteiger partial charge is 0.252 e. The molecular formula is C18H22N4O2. The lowest BCUT2D eigenvalue weighted by Crippen LogP contribution is -2.46. The summed E-state index contributed by atoms with van der Waals surface area (Å²) >= 11 is 0. The molecule has 0 aliphatic carbocycles. The summed E-state index contributed by atoms with van der Waals surface area (Å²) in [5.41, 5.74) is 1.26. The van der Waals surface area contributed by atoms with Crippen LogP contribution in [-0.2, 0) is 22.5 Å². The minimum absolute atomic E-state index is 0.0949. The minimum atomic E-state index is -0.280. The van der Waals surface area contributed by atoms with E-state index >= 15 is 0 Å². The van der Waals surface area contributed by atoms with E-state index in [4.69, 9.17) is 4.74 Å². The largest absolute Gasteiger partial charge is 0.368 e. The molecule has 1 aromatic carbocycles. The monoisotopic (exact) mass is 326 g/mol. The lowest BCUT2D eigenvalue weighted by Gasteiger charge is -2.35. The van der Waals surface area contributed by atoms with Gasteiger partial charge in [0.05, 0.1) is 12.6 Å². The second-order valence-corrected chi connectivity index (χ2v) is 6.60. The summed E-state index contributed by atoms with van der Waals surface area (Å²) in [6.07, 6.45) is 2.37. The predicted octanol–water partition coefficient (Wildman–Crippen LogP) is 1.89. The zero-order valence-corrected chi connectivity index (χ0v) is 13.9. The molecule has 1 saturated heterocycles. The first kappa shape index (κ1) is 15.3. The fourth-order valence-corrected chi connectivity index (χ4v) is 3.75. The number of aryl methyl sites for hydroxylation is 1. The van der Waals surface area contributed by atoms with E-state index in [-0.39, 0.29) is 18.1 Å². The lowest BCUT2D eigenvalue weighted by molar-refractivity contribution is -0.143. The first-order chi connectivity index (χ1) is 11.7. The van der Waals surface area contributed by atoms with Crippen molar-refractivity contribution < 1.29 is 9.53 Å². The molecule has 2 atom stereocenters. The topological polar surface area (TPSA) is 60.2 Å². The van der Waals surface area contributed by atoms with Crippen LogP contribution in [0.2, 0.25) is 0 Å². The van der Waals surface area contributed by atoms with Gasteiger partial charge in [0.25, 0.3) is 5.91 Å². The summed E-state index contributed by atoms with van der Waals surface area (Å²) in [4.78, 5) is 14.7. The maximum absolute atomic E-state index is 12.8. The number of carbonyl (C=O) groups is 1. The summed E-state index contributed by atoms with van der Waals surface area (Å²) in [5.74, 6) is 1.87. The Bertz CT molecular complexity index is 722. The molecule has 1 fully saturated rings. The normalized spacial score (nSPS) is 23.3. The average Bonchev–Trinajstić information content (AvgIpc) is 3.25.